The lowest BCUT2D eigenvalue weighted by Gasteiger charge is -2.03. The van der Waals surface area contributed by atoms with Crippen LogP contribution in [0.1, 0.15) is 23.2 Å². The summed E-state index contributed by atoms with van der Waals surface area (Å²) < 4.78 is 10.3. The number of hydrogen-bond acceptors (Lipinski definition) is 6. The van der Waals surface area contributed by atoms with Crippen LogP contribution in [0.5, 0.6) is 0 Å². The number of esters is 1. The normalized spacial score (nSPS) is 10.6. The first-order valence-corrected chi connectivity index (χ1v) is 8.69. The molecule has 0 atom stereocenters. The summed E-state index contributed by atoms with van der Waals surface area (Å²) in [6, 6.07) is 14.2. The molecular weight excluding hydrogens is 340 g/mol. The van der Waals surface area contributed by atoms with Gasteiger partial charge in [-0.15, -0.1) is 0 Å². The van der Waals surface area contributed by atoms with Gasteiger partial charge in [-0.05, 0) is 19.1 Å². The largest absolute Gasteiger partial charge is 0.460 e. The first-order chi connectivity index (χ1) is 12.2. The van der Waals surface area contributed by atoms with Crippen LogP contribution >= 0.6 is 11.8 Å². The summed E-state index contributed by atoms with van der Waals surface area (Å²) in [7, 11) is 0. The molecule has 1 N–H and O–H groups in total. The number of aromatic nitrogens is 2. The van der Waals surface area contributed by atoms with Crippen LogP contribution in [0.2, 0.25) is 0 Å². The van der Waals surface area contributed by atoms with E-state index in [4.69, 9.17) is 9.15 Å². The number of benzene rings is 1. The minimum atomic E-state index is -0.489. The van der Waals surface area contributed by atoms with E-state index in [2.05, 4.69) is 9.97 Å². The fraction of sp³-hybridized carbons (Fsp3) is 0.167. The van der Waals surface area contributed by atoms with Crippen molar-refractivity contribution in [3.05, 3.63) is 70.4 Å². The molecule has 0 aliphatic heterocycles. The summed E-state index contributed by atoms with van der Waals surface area (Å²) >= 11 is 1.32. The number of thioether (sulfide) groups is 1. The van der Waals surface area contributed by atoms with Crippen molar-refractivity contribution < 1.29 is 13.9 Å². The molecule has 0 amide bonds. The molecule has 2 heterocycles. The minimum Gasteiger partial charge on any atom is -0.460 e. The van der Waals surface area contributed by atoms with Crippen LogP contribution in [0.25, 0.3) is 11.3 Å². The average molecular weight is 356 g/mol. The molecule has 128 valence electrons. The maximum absolute atomic E-state index is 11.9. The topological polar surface area (TPSA) is 85.2 Å². The van der Waals surface area contributed by atoms with E-state index in [1.807, 2.05) is 30.3 Å². The highest BCUT2D eigenvalue weighted by Gasteiger charge is 2.12. The van der Waals surface area contributed by atoms with Gasteiger partial charge < -0.3 is 14.1 Å². The van der Waals surface area contributed by atoms with Crippen LogP contribution in [0.4, 0.5) is 0 Å². The minimum absolute atomic E-state index is 0.164. The zero-order chi connectivity index (χ0) is 17.6. The zero-order valence-electron chi connectivity index (χ0n) is 13.5. The third-order valence-corrected chi connectivity index (χ3v) is 4.17. The van der Waals surface area contributed by atoms with Crippen LogP contribution in [0.3, 0.4) is 0 Å². The maximum Gasteiger partial charge on any atom is 0.374 e. The van der Waals surface area contributed by atoms with Gasteiger partial charge in [0, 0.05) is 11.6 Å². The van der Waals surface area contributed by atoms with E-state index in [0.29, 0.717) is 29.0 Å². The Hall–Kier alpha value is -2.80. The van der Waals surface area contributed by atoms with Gasteiger partial charge in [-0.1, -0.05) is 42.1 Å². The fourth-order valence-corrected chi connectivity index (χ4v) is 2.94. The molecule has 0 saturated heterocycles. The Kier molecular flexibility index (Phi) is 5.35. The molecule has 0 radical (unpaired) electrons. The number of hydrogen-bond donors (Lipinski definition) is 1. The Morgan fingerprint density at radius 2 is 2.04 bits per heavy atom. The number of nitrogens with one attached hydrogen (secondary N) is 1. The van der Waals surface area contributed by atoms with E-state index < -0.39 is 5.97 Å². The third kappa shape index (κ3) is 4.39. The second-order valence-electron chi connectivity index (χ2n) is 5.08. The predicted octanol–water partition coefficient (Wildman–Crippen LogP) is 3.50. The molecule has 1 aromatic carbocycles. The van der Waals surface area contributed by atoms with E-state index in [1.54, 1.807) is 19.1 Å². The van der Waals surface area contributed by atoms with Gasteiger partial charge in [0.1, 0.15) is 5.76 Å². The lowest BCUT2D eigenvalue weighted by molar-refractivity contribution is 0.0488. The molecule has 0 spiro atoms. The van der Waals surface area contributed by atoms with E-state index in [0.717, 1.165) is 5.56 Å². The monoisotopic (exact) mass is 356 g/mol. The molecule has 0 saturated carbocycles. The van der Waals surface area contributed by atoms with E-state index in [1.165, 1.54) is 17.8 Å². The molecule has 0 fully saturated rings. The molecule has 6 nitrogen and oxygen atoms in total. The van der Waals surface area contributed by atoms with Gasteiger partial charge in [0.25, 0.3) is 5.56 Å². The highest BCUT2D eigenvalue weighted by Crippen LogP contribution is 2.23. The van der Waals surface area contributed by atoms with Gasteiger partial charge in [-0.25, -0.2) is 9.78 Å². The van der Waals surface area contributed by atoms with Crippen molar-refractivity contribution in [2.45, 2.75) is 17.8 Å². The summed E-state index contributed by atoms with van der Waals surface area (Å²) in [6.45, 7) is 2.03. The highest BCUT2D eigenvalue weighted by atomic mass is 32.2. The molecular formula is C18H16N2O4S. The Morgan fingerprint density at radius 1 is 1.24 bits per heavy atom. The smallest absolute Gasteiger partial charge is 0.374 e. The summed E-state index contributed by atoms with van der Waals surface area (Å²) in [5.41, 5.74) is 1.26. The quantitative estimate of drug-likeness (QED) is 0.413. The predicted molar refractivity (Wildman–Crippen MR) is 94.5 cm³/mol. The number of furan rings is 1. The van der Waals surface area contributed by atoms with Crippen LogP contribution in [0, 0.1) is 0 Å². The van der Waals surface area contributed by atoms with Crippen LogP contribution in [0.15, 0.2) is 62.9 Å². The standard InChI is InChI=1S/C18H16N2O4S/c1-2-23-17(22)15-9-8-13(24-15)11-25-18-19-14(10-16(21)20-18)12-6-4-3-5-7-12/h3-10H,2,11H2,1H3,(H,19,20,21). The van der Waals surface area contributed by atoms with Crippen molar-refractivity contribution in [3.8, 4) is 11.3 Å². The van der Waals surface area contributed by atoms with Crippen molar-refractivity contribution in [1.82, 2.24) is 9.97 Å². The van der Waals surface area contributed by atoms with E-state index >= 15 is 0 Å². The van der Waals surface area contributed by atoms with Gasteiger partial charge >= 0.3 is 5.97 Å². The number of aromatic amines is 1. The van der Waals surface area contributed by atoms with Crippen molar-refractivity contribution >= 4 is 17.7 Å². The second kappa shape index (κ2) is 7.85. The molecule has 7 heteroatoms. The van der Waals surface area contributed by atoms with Gasteiger partial charge in [-0.2, -0.15) is 0 Å². The first kappa shape index (κ1) is 17.0. The molecule has 0 aliphatic carbocycles. The van der Waals surface area contributed by atoms with E-state index in [9.17, 15) is 9.59 Å². The Morgan fingerprint density at radius 3 is 2.80 bits per heavy atom. The number of carbonyl (C=O) groups excluding carboxylic acids is 1. The van der Waals surface area contributed by atoms with Crippen molar-refractivity contribution in [2.75, 3.05) is 6.61 Å². The number of ether oxygens (including phenoxy) is 1. The van der Waals surface area contributed by atoms with Gasteiger partial charge in [0.05, 0.1) is 18.1 Å². The average Bonchev–Trinajstić information content (AvgIpc) is 3.10. The van der Waals surface area contributed by atoms with Gasteiger partial charge in [0.2, 0.25) is 5.76 Å². The van der Waals surface area contributed by atoms with Crippen LogP contribution in [-0.2, 0) is 10.5 Å². The summed E-state index contributed by atoms with van der Waals surface area (Å²) in [4.78, 5) is 30.6. The summed E-state index contributed by atoms with van der Waals surface area (Å²) in [5.74, 6) is 0.703. The molecule has 3 aromatic rings. The number of carbonyl (C=O) groups is 1. The molecule has 25 heavy (non-hydrogen) atoms. The van der Waals surface area contributed by atoms with Crippen molar-refractivity contribution in [2.24, 2.45) is 0 Å². The van der Waals surface area contributed by atoms with Crippen LogP contribution in [-0.4, -0.2) is 22.5 Å². The SMILES string of the molecule is CCOC(=O)c1ccc(CSc2nc(-c3ccccc3)cc(=O)[nH]2)o1. The fourth-order valence-electron chi connectivity index (χ4n) is 2.17. The van der Waals surface area contributed by atoms with E-state index in [-0.39, 0.29) is 11.3 Å². The number of H-pyrrole nitrogens is 1. The summed E-state index contributed by atoms with van der Waals surface area (Å²) in [5, 5.41) is 0.487. The highest BCUT2D eigenvalue weighted by molar-refractivity contribution is 7.98. The van der Waals surface area contributed by atoms with Crippen molar-refractivity contribution in [3.63, 3.8) is 0 Å². The number of nitrogens with zero attached hydrogens (tertiary/aromatic N) is 1. The first-order valence-electron chi connectivity index (χ1n) is 7.71. The lowest BCUT2D eigenvalue weighted by atomic mass is 10.1. The van der Waals surface area contributed by atoms with Crippen LogP contribution < -0.4 is 5.56 Å². The molecule has 2 aromatic heterocycles. The third-order valence-electron chi connectivity index (χ3n) is 3.28. The Labute approximate surface area is 148 Å². The lowest BCUT2D eigenvalue weighted by Crippen LogP contribution is -2.08. The molecule has 0 unspecified atom stereocenters. The van der Waals surface area contributed by atoms with Crippen molar-refractivity contribution in [1.29, 1.82) is 0 Å². The number of rotatable bonds is 6. The summed E-state index contributed by atoms with van der Waals surface area (Å²) in [6.07, 6.45) is 0. The molecule has 0 aliphatic rings. The Bertz CT molecular complexity index is 918. The molecule has 3 rings (SSSR count). The van der Waals surface area contributed by atoms with Gasteiger partial charge in [0.15, 0.2) is 5.16 Å². The zero-order valence-corrected chi connectivity index (χ0v) is 14.3. The maximum atomic E-state index is 11.9. The second-order valence-corrected chi connectivity index (χ2v) is 6.04. The van der Waals surface area contributed by atoms with Gasteiger partial charge in [-0.3, -0.25) is 4.79 Å². The Balaban J connectivity index is 1.73. The molecule has 0 bridgehead atoms.